The molecule has 1 heterocycles. The molecule has 0 saturated heterocycles. The van der Waals surface area contributed by atoms with Gasteiger partial charge in [0, 0.05) is 37.2 Å². The number of aliphatic imine (C=N–C) groups is 1. The highest BCUT2D eigenvalue weighted by molar-refractivity contribution is 14.0. The van der Waals surface area contributed by atoms with E-state index >= 15 is 0 Å². The van der Waals surface area contributed by atoms with Crippen LogP contribution in [0.1, 0.15) is 16.7 Å². The van der Waals surface area contributed by atoms with Crippen molar-refractivity contribution < 1.29 is 4.79 Å². The van der Waals surface area contributed by atoms with E-state index in [0.29, 0.717) is 30.3 Å². The van der Waals surface area contributed by atoms with Crippen molar-refractivity contribution >= 4 is 41.5 Å². The molecule has 0 unspecified atom stereocenters. The van der Waals surface area contributed by atoms with Crippen LogP contribution >= 0.6 is 24.0 Å². The molecule has 31 heavy (non-hydrogen) atoms. The number of carbonyl (C=O) groups is 1. The SMILES string of the molecule is C#Cc1cccc(NC(=O)CNC(=NC)NCc2ccccc2Cn2cccn2)c1.I. The van der Waals surface area contributed by atoms with Crippen LogP contribution < -0.4 is 16.0 Å². The minimum atomic E-state index is -0.189. The Labute approximate surface area is 199 Å². The third-order valence-corrected chi connectivity index (χ3v) is 4.41. The first-order chi connectivity index (χ1) is 14.7. The maximum atomic E-state index is 12.2. The molecule has 3 rings (SSSR count). The number of rotatable bonds is 7. The van der Waals surface area contributed by atoms with Crippen molar-refractivity contribution in [3.8, 4) is 12.3 Å². The lowest BCUT2D eigenvalue weighted by Crippen LogP contribution is -2.41. The predicted octanol–water partition coefficient (Wildman–Crippen LogP) is 2.83. The molecule has 3 N–H and O–H groups in total. The summed E-state index contributed by atoms with van der Waals surface area (Å²) in [6, 6.07) is 17.2. The molecule has 0 atom stereocenters. The summed E-state index contributed by atoms with van der Waals surface area (Å²) in [5, 5.41) is 13.3. The number of guanidine groups is 1. The number of amides is 1. The van der Waals surface area contributed by atoms with Crippen LogP contribution in [-0.2, 0) is 17.9 Å². The summed E-state index contributed by atoms with van der Waals surface area (Å²) in [5.74, 6) is 2.90. The van der Waals surface area contributed by atoms with Crippen molar-refractivity contribution in [1.29, 1.82) is 0 Å². The third-order valence-electron chi connectivity index (χ3n) is 4.41. The number of aromatic nitrogens is 2. The van der Waals surface area contributed by atoms with E-state index in [1.807, 2.05) is 35.1 Å². The van der Waals surface area contributed by atoms with E-state index in [1.165, 1.54) is 0 Å². The van der Waals surface area contributed by atoms with Crippen LogP contribution in [0, 0.1) is 12.3 Å². The highest BCUT2D eigenvalue weighted by Crippen LogP contribution is 2.11. The van der Waals surface area contributed by atoms with Crippen molar-refractivity contribution in [3.63, 3.8) is 0 Å². The van der Waals surface area contributed by atoms with Gasteiger partial charge in [-0.1, -0.05) is 36.3 Å². The highest BCUT2D eigenvalue weighted by Gasteiger charge is 2.07. The monoisotopic (exact) mass is 528 g/mol. The van der Waals surface area contributed by atoms with E-state index in [4.69, 9.17) is 6.42 Å². The first kappa shape index (κ1) is 24.0. The molecule has 0 spiro atoms. The van der Waals surface area contributed by atoms with Crippen molar-refractivity contribution in [2.24, 2.45) is 4.99 Å². The largest absolute Gasteiger partial charge is 0.352 e. The first-order valence-corrected chi connectivity index (χ1v) is 9.53. The molecule has 0 fully saturated rings. The van der Waals surface area contributed by atoms with Gasteiger partial charge in [0.2, 0.25) is 5.91 Å². The van der Waals surface area contributed by atoms with Crippen LogP contribution in [0.3, 0.4) is 0 Å². The molecule has 1 amide bonds. The maximum absolute atomic E-state index is 12.2. The van der Waals surface area contributed by atoms with Gasteiger partial charge in [-0.3, -0.25) is 14.5 Å². The number of nitrogens with zero attached hydrogens (tertiary/aromatic N) is 3. The molecule has 0 aliphatic carbocycles. The molecule has 0 saturated carbocycles. The molecule has 0 bridgehead atoms. The second-order valence-corrected chi connectivity index (χ2v) is 6.52. The van der Waals surface area contributed by atoms with Crippen LogP contribution in [0.25, 0.3) is 0 Å². The fraction of sp³-hybridized carbons (Fsp3) is 0.174. The Morgan fingerprint density at radius 2 is 1.94 bits per heavy atom. The summed E-state index contributed by atoms with van der Waals surface area (Å²) >= 11 is 0. The number of benzene rings is 2. The Morgan fingerprint density at radius 3 is 2.65 bits per heavy atom. The smallest absolute Gasteiger partial charge is 0.243 e. The fourth-order valence-corrected chi connectivity index (χ4v) is 2.91. The second kappa shape index (κ2) is 12.4. The van der Waals surface area contributed by atoms with Gasteiger partial charge in [-0.05, 0) is 35.4 Å². The van der Waals surface area contributed by atoms with Crippen molar-refractivity contribution in [3.05, 3.63) is 83.7 Å². The van der Waals surface area contributed by atoms with Gasteiger partial charge in [0.05, 0.1) is 13.1 Å². The summed E-state index contributed by atoms with van der Waals surface area (Å²) in [5.41, 5.74) is 3.67. The lowest BCUT2D eigenvalue weighted by atomic mass is 10.1. The number of anilines is 1. The van der Waals surface area contributed by atoms with Crippen molar-refractivity contribution in [2.45, 2.75) is 13.1 Å². The number of hydrogen-bond donors (Lipinski definition) is 3. The number of hydrogen-bond acceptors (Lipinski definition) is 3. The number of halogens is 1. The summed E-state index contributed by atoms with van der Waals surface area (Å²) in [7, 11) is 1.67. The second-order valence-electron chi connectivity index (χ2n) is 6.52. The number of terminal acetylenes is 1. The van der Waals surface area contributed by atoms with Gasteiger partial charge in [-0.2, -0.15) is 5.10 Å². The molecular formula is C23H25IN6O. The summed E-state index contributed by atoms with van der Waals surface area (Å²) in [4.78, 5) is 16.4. The van der Waals surface area contributed by atoms with Gasteiger partial charge >= 0.3 is 0 Å². The fourth-order valence-electron chi connectivity index (χ4n) is 2.91. The predicted molar refractivity (Wildman–Crippen MR) is 134 cm³/mol. The quantitative estimate of drug-likeness (QED) is 0.191. The topological polar surface area (TPSA) is 83.3 Å². The summed E-state index contributed by atoms with van der Waals surface area (Å²) in [6.07, 6.45) is 9.09. The molecule has 3 aromatic rings. The molecule has 1 aromatic heterocycles. The maximum Gasteiger partial charge on any atom is 0.243 e. The molecular weight excluding hydrogens is 503 g/mol. The number of nitrogens with one attached hydrogen (secondary N) is 3. The van der Waals surface area contributed by atoms with E-state index in [2.05, 4.69) is 44.1 Å². The molecule has 0 aliphatic heterocycles. The average molecular weight is 528 g/mol. The first-order valence-electron chi connectivity index (χ1n) is 9.53. The Balaban J connectivity index is 0.00000341. The van der Waals surface area contributed by atoms with Gasteiger partial charge < -0.3 is 16.0 Å². The van der Waals surface area contributed by atoms with E-state index in [1.54, 1.807) is 31.4 Å². The standard InChI is InChI=1S/C23H24N6O.HI/c1-3-18-8-6-11-21(14-18)28-22(30)16-26-23(24-2)25-15-19-9-4-5-10-20(19)17-29-13-7-12-27-29;/h1,4-14H,15-17H2,2H3,(H,28,30)(H2,24,25,26);1H. The van der Waals surface area contributed by atoms with E-state index < -0.39 is 0 Å². The van der Waals surface area contributed by atoms with E-state index in [9.17, 15) is 4.79 Å². The zero-order chi connectivity index (χ0) is 21.2. The summed E-state index contributed by atoms with van der Waals surface area (Å²) < 4.78 is 1.88. The Hall–Kier alpha value is -3.32. The Bertz CT molecular complexity index is 1060. The Morgan fingerprint density at radius 1 is 1.13 bits per heavy atom. The minimum Gasteiger partial charge on any atom is -0.352 e. The van der Waals surface area contributed by atoms with E-state index in [-0.39, 0.29) is 36.4 Å². The minimum absolute atomic E-state index is 0. The van der Waals surface area contributed by atoms with Gasteiger partial charge in [-0.15, -0.1) is 30.4 Å². The van der Waals surface area contributed by atoms with Gasteiger partial charge in [0.1, 0.15) is 0 Å². The third kappa shape index (κ3) is 7.46. The summed E-state index contributed by atoms with van der Waals surface area (Å²) in [6.45, 7) is 1.34. The van der Waals surface area contributed by atoms with Crippen molar-refractivity contribution in [1.82, 2.24) is 20.4 Å². The van der Waals surface area contributed by atoms with Crippen molar-refractivity contribution in [2.75, 3.05) is 18.9 Å². The highest BCUT2D eigenvalue weighted by atomic mass is 127. The zero-order valence-electron chi connectivity index (χ0n) is 17.2. The number of carbonyl (C=O) groups excluding carboxylic acids is 1. The van der Waals surface area contributed by atoms with Crippen LogP contribution in [0.4, 0.5) is 5.69 Å². The molecule has 7 nitrogen and oxygen atoms in total. The normalized spacial score (nSPS) is 10.5. The molecule has 8 heteroatoms. The molecule has 160 valence electrons. The molecule has 0 aliphatic rings. The molecule has 0 radical (unpaired) electrons. The van der Waals surface area contributed by atoms with Gasteiger partial charge in [0.15, 0.2) is 5.96 Å². The lowest BCUT2D eigenvalue weighted by molar-refractivity contribution is -0.115. The Kier molecular flexibility index (Phi) is 9.58. The van der Waals surface area contributed by atoms with Crippen LogP contribution in [0.5, 0.6) is 0 Å². The van der Waals surface area contributed by atoms with Crippen LogP contribution in [-0.4, -0.2) is 35.2 Å². The average Bonchev–Trinajstić information content (AvgIpc) is 3.28. The van der Waals surface area contributed by atoms with Crippen LogP contribution in [0.15, 0.2) is 72.0 Å². The lowest BCUT2D eigenvalue weighted by Gasteiger charge is -2.14. The van der Waals surface area contributed by atoms with Crippen LogP contribution in [0.2, 0.25) is 0 Å². The molecule has 2 aromatic carbocycles. The zero-order valence-corrected chi connectivity index (χ0v) is 19.5. The van der Waals surface area contributed by atoms with E-state index in [0.717, 1.165) is 11.1 Å². The van der Waals surface area contributed by atoms with Gasteiger partial charge in [-0.25, -0.2) is 0 Å². The van der Waals surface area contributed by atoms with Gasteiger partial charge in [0.25, 0.3) is 0 Å².